The van der Waals surface area contributed by atoms with Crippen LogP contribution in [0.25, 0.3) is 0 Å². The lowest BCUT2D eigenvalue weighted by Crippen LogP contribution is -2.02. The third kappa shape index (κ3) is 4.11. The average Bonchev–Trinajstić information content (AvgIpc) is 2.56. The van der Waals surface area contributed by atoms with Crippen molar-refractivity contribution in [2.45, 2.75) is 19.8 Å². The molecule has 5 nitrogen and oxygen atoms in total. The summed E-state index contributed by atoms with van der Waals surface area (Å²) in [6.07, 6.45) is 0. The molecule has 0 aromatic heterocycles. The molecule has 0 saturated heterocycles. The van der Waals surface area contributed by atoms with Crippen molar-refractivity contribution in [3.05, 3.63) is 45.4 Å². The van der Waals surface area contributed by atoms with Gasteiger partial charge in [-0.15, -0.1) is 0 Å². The van der Waals surface area contributed by atoms with E-state index in [2.05, 4.69) is 4.74 Å². The summed E-state index contributed by atoms with van der Waals surface area (Å²) in [6.45, 7) is 4.04. The molecule has 0 unspecified atom stereocenters. The molecule has 0 atom stereocenters. The van der Waals surface area contributed by atoms with E-state index >= 15 is 0 Å². The van der Waals surface area contributed by atoms with Crippen LogP contribution in [0.1, 0.15) is 35.7 Å². The van der Waals surface area contributed by atoms with Gasteiger partial charge in [0.1, 0.15) is 11.5 Å². The van der Waals surface area contributed by atoms with Crippen LogP contribution in [-0.4, -0.2) is 20.2 Å². The van der Waals surface area contributed by atoms with Gasteiger partial charge in [-0.2, -0.15) is 0 Å². The van der Waals surface area contributed by atoms with Crippen molar-refractivity contribution >= 4 is 34.9 Å². The average molecular weight is 384 g/mol. The summed E-state index contributed by atoms with van der Waals surface area (Å²) in [6, 6.07) is 6.32. The number of esters is 1. The number of benzene rings is 2. The van der Waals surface area contributed by atoms with Crippen molar-refractivity contribution in [1.29, 1.82) is 0 Å². The molecule has 0 saturated carbocycles. The number of hydrogen-bond acceptors (Lipinski definition) is 5. The van der Waals surface area contributed by atoms with Crippen LogP contribution in [0.3, 0.4) is 0 Å². The monoisotopic (exact) mass is 383 g/mol. The molecule has 2 aromatic rings. The van der Waals surface area contributed by atoms with E-state index in [1.54, 1.807) is 13.2 Å². The molecular formula is C18H19Cl2NO4. The number of halogens is 2. The van der Waals surface area contributed by atoms with Gasteiger partial charge in [-0.3, -0.25) is 0 Å². The Morgan fingerprint density at radius 2 is 1.64 bits per heavy atom. The van der Waals surface area contributed by atoms with E-state index in [0.717, 1.165) is 5.56 Å². The highest BCUT2D eigenvalue weighted by molar-refractivity contribution is 6.37. The van der Waals surface area contributed by atoms with Gasteiger partial charge >= 0.3 is 5.97 Å². The lowest BCUT2D eigenvalue weighted by Gasteiger charge is -2.17. The molecule has 0 bridgehead atoms. The highest BCUT2D eigenvalue weighted by Gasteiger charge is 2.18. The maximum Gasteiger partial charge on any atom is 0.337 e. The zero-order valence-electron chi connectivity index (χ0n) is 14.4. The Morgan fingerprint density at radius 1 is 1.04 bits per heavy atom. The lowest BCUT2D eigenvalue weighted by atomic mass is 10.0. The Balaban J connectivity index is 2.45. The van der Waals surface area contributed by atoms with E-state index in [-0.39, 0.29) is 27.3 Å². The van der Waals surface area contributed by atoms with Gasteiger partial charge < -0.3 is 19.9 Å². The second kappa shape index (κ2) is 7.85. The number of hydrogen-bond donors (Lipinski definition) is 1. The summed E-state index contributed by atoms with van der Waals surface area (Å²) in [5.41, 5.74) is 7.63. The Morgan fingerprint density at radius 3 is 2.12 bits per heavy atom. The van der Waals surface area contributed by atoms with Gasteiger partial charge in [0.15, 0.2) is 5.75 Å². The van der Waals surface area contributed by atoms with Crippen LogP contribution in [0, 0.1) is 0 Å². The topological polar surface area (TPSA) is 70.8 Å². The number of carbonyl (C=O) groups is 1. The van der Waals surface area contributed by atoms with Gasteiger partial charge in [-0.1, -0.05) is 37.0 Å². The molecule has 7 heteroatoms. The molecule has 25 heavy (non-hydrogen) atoms. The summed E-state index contributed by atoms with van der Waals surface area (Å²) in [5, 5.41) is 0.377. The third-order valence-corrected chi connectivity index (χ3v) is 4.15. The Kier molecular flexibility index (Phi) is 6.03. The fourth-order valence-corrected chi connectivity index (χ4v) is 2.94. The van der Waals surface area contributed by atoms with Crippen molar-refractivity contribution in [2.24, 2.45) is 0 Å². The van der Waals surface area contributed by atoms with Crippen LogP contribution in [0.4, 0.5) is 5.69 Å². The second-order valence-corrected chi connectivity index (χ2v) is 6.47. The summed E-state index contributed by atoms with van der Waals surface area (Å²) in [5.74, 6) is 0.951. The van der Waals surface area contributed by atoms with E-state index < -0.39 is 5.97 Å². The quantitative estimate of drug-likeness (QED) is 0.561. The first-order chi connectivity index (χ1) is 11.8. The van der Waals surface area contributed by atoms with Gasteiger partial charge in [-0.25, -0.2) is 4.79 Å². The van der Waals surface area contributed by atoms with E-state index in [1.165, 1.54) is 19.2 Å². The van der Waals surface area contributed by atoms with Crippen molar-refractivity contribution in [3.8, 4) is 17.2 Å². The summed E-state index contributed by atoms with van der Waals surface area (Å²) >= 11 is 12.4. The normalized spacial score (nSPS) is 10.7. The zero-order chi connectivity index (χ0) is 18.7. The SMILES string of the molecule is COC(=O)c1cc(Cl)c(Oc2cc(N)c(OC)c(C(C)C)c2)c(Cl)c1. The van der Waals surface area contributed by atoms with Gasteiger partial charge in [0.25, 0.3) is 0 Å². The molecule has 2 rings (SSSR count). The van der Waals surface area contributed by atoms with E-state index in [9.17, 15) is 4.79 Å². The molecule has 134 valence electrons. The Labute approximate surface area is 156 Å². The number of nitrogen functional groups attached to an aromatic ring is 1. The predicted octanol–water partition coefficient (Wildman–Crippen LogP) is 5.29. The Bertz CT molecular complexity index is 783. The molecule has 0 amide bonds. The predicted molar refractivity (Wildman–Crippen MR) is 99.4 cm³/mol. The maximum absolute atomic E-state index is 11.6. The molecule has 0 spiro atoms. The third-order valence-electron chi connectivity index (χ3n) is 3.59. The highest BCUT2D eigenvalue weighted by Crippen LogP contribution is 2.41. The van der Waals surface area contributed by atoms with Gasteiger partial charge in [-0.05, 0) is 24.1 Å². The first kappa shape index (κ1) is 19.2. The van der Waals surface area contributed by atoms with Crippen LogP contribution < -0.4 is 15.2 Å². The van der Waals surface area contributed by atoms with Crippen LogP contribution >= 0.6 is 23.2 Å². The van der Waals surface area contributed by atoms with Crippen molar-refractivity contribution < 1.29 is 19.0 Å². The first-order valence-corrected chi connectivity index (χ1v) is 8.26. The number of rotatable bonds is 5. The highest BCUT2D eigenvalue weighted by atomic mass is 35.5. The fourth-order valence-electron chi connectivity index (χ4n) is 2.38. The van der Waals surface area contributed by atoms with Crippen molar-refractivity contribution in [1.82, 2.24) is 0 Å². The molecule has 0 radical (unpaired) electrons. The summed E-state index contributed by atoms with van der Waals surface area (Å²) < 4.78 is 15.8. The second-order valence-electron chi connectivity index (χ2n) is 5.65. The molecule has 0 fully saturated rings. The van der Waals surface area contributed by atoms with Crippen molar-refractivity contribution in [2.75, 3.05) is 20.0 Å². The standard InChI is InChI=1S/C18H19Cl2NO4/c1-9(2)12-7-11(8-15(21)16(12)23-3)25-17-13(19)5-10(6-14(17)20)18(22)24-4/h5-9H,21H2,1-4H3. The Hall–Kier alpha value is -2.11. The smallest absolute Gasteiger partial charge is 0.337 e. The lowest BCUT2D eigenvalue weighted by molar-refractivity contribution is 0.0600. The molecule has 2 N–H and O–H groups in total. The van der Waals surface area contributed by atoms with Crippen molar-refractivity contribution in [3.63, 3.8) is 0 Å². The van der Waals surface area contributed by atoms with Gasteiger partial charge in [0.2, 0.25) is 0 Å². The molecule has 0 aliphatic heterocycles. The zero-order valence-corrected chi connectivity index (χ0v) is 15.9. The van der Waals surface area contributed by atoms with Gasteiger partial charge in [0, 0.05) is 11.6 Å². The van der Waals surface area contributed by atoms with Gasteiger partial charge in [0.05, 0.1) is 35.5 Å². The minimum atomic E-state index is -0.536. The van der Waals surface area contributed by atoms with Crippen LogP contribution in [0.5, 0.6) is 17.2 Å². The van der Waals surface area contributed by atoms with Crippen LogP contribution in [0.15, 0.2) is 24.3 Å². The number of methoxy groups -OCH3 is 2. The fraction of sp³-hybridized carbons (Fsp3) is 0.278. The van der Waals surface area contributed by atoms with E-state index in [0.29, 0.717) is 17.2 Å². The number of ether oxygens (including phenoxy) is 3. The molecule has 0 aliphatic carbocycles. The largest absolute Gasteiger partial charge is 0.494 e. The minimum absolute atomic E-state index is 0.174. The minimum Gasteiger partial charge on any atom is -0.494 e. The first-order valence-electron chi connectivity index (χ1n) is 7.51. The molecule has 0 heterocycles. The number of nitrogens with two attached hydrogens (primary N) is 1. The maximum atomic E-state index is 11.6. The molecule has 0 aliphatic rings. The molecular weight excluding hydrogens is 365 g/mol. The molecule has 2 aromatic carbocycles. The van der Waals surface area contributed by atoms with Crippen LogP contribution in [-0.2, 0) is 4.74 Å². The number of anilines is 1. The summed E-state index contributed by atoms with van der Waals surface area (Å²) in [4.78, 5) is 11.6. The van der Waals surface area contributed by atoms with E-state index in [1.807, 2.05) is 19.9 Å². The van der Waals surface area contributed by atoms with Crippen LogP contribution in [0.2, 0.25) is 10.0 Å². The van der Waals surface area contributed by atoms with E-state index in [4.69, 9.17) is 38.4 Å². The number of carbonyl (C=O) groups excluding carboxylic acids is 1. The summed E-state index contributed by atoms with van der Waals surface area (Å²) in [7, 11) is 2.85.